The molecule has 1 aromatic heterocycles. The highest BCUT2D eigenvalue weighted by atomic mass is 32.2. The summed E-state index contributed by atoms with van der Waals surface area (Å²) in [4.78, 5) is 11.0. The Hall–Kier alpha value is -1.41. The smallest absolute Gasteiger partial charge is 0.340 e. The van der Waals surface area contributed by atoms with Crippen molar-refractivity contribution in [2.24, 2.45) is 0 Å². The lowest BCUT2D eigenvalue weighted by molar-refractivity contribution is 0.0692. The maximum atomic E-state index is 12.6. The average molecular weight is 287 g/mol. The predicted octanol–water partition coefficient (Wildman–Crippen LogP) is 1.06. The Morgan fingerprint density at radius 2 is 2.16 bits per heavy atom. The van der Waals surface area contributed by atoms with Crippen molar-refractivity contribution in [3.8, 4) is 0 Å². The van der Waals surface area contributed by atoms with Crippen LogP contribution in [0.25, 0.3) is 0 Å². The minimum atomic E-state index is -3.87. The number of piperidine rings is 1. The van der Waals surface area contributed by atoms with Gasteiger partial charge in [0.1, 0.15) is 5.56 Å². The molecule has 1 aromatic rings. The highest BCUT2D eigenvalue weighted by Crippen LogP contribution is 2.33. The number of sulfonamides is 1. The Kier molecular flexibility index (Phi) is 3.40. The first-order valence-electron chi connectivity index (χ1n) is 6.06. The van der Waals surface area contributed by atoms with Crippen molar-refractivity contribution in [2.45, 2.75) is 43.7 Å². The molecule has 1 aliphatic rings. The number of aromatic carboxylic acids is 1. The number of nitrogens with zero attached hydrogens (tertiary/aromatic N) is 2. The summed E-state index contributed by atoms with van der Waals surface area (Å²) in [6.07, 6.45) is 3.52. The Morgan fingerprint density at radius 1 is 1.47 bits per heavy atom. The van der Waals surface area contributed by atoms with Crippen molar-refractivity contribution in [1.82, 2.24) is 14.5 Å². The summed E-state index contributed by atoms with van der Waals surface area (Å²) in [6, 6.07) is 0. The highest BCUT2D eigenvalue weighted by molar-refractivity contribution is 7.89. The van der Waals surface area contributed by atoms with E-state index in [4.69, 9.17) is 5.11 Å². The van der Waals surface area contributed by atoms with Crippen LogP contribution in [0.5, 0.6) is 0 Å². The fourth-order valence-electron chi connectivity index (χ4n) is 2.42. The summed E-state index contributed by atoms with van der Waals surface area (Å²) in [5, 5.41) is 14.5. The molecule has 0 aliphatic carbocycles. The fourth-order valence-corrected chi connectivity index (χ4v) is 4.34. The normalized spacial score (nSPS) is 20.3. The van der Waals surface area contributed by atoms with Gasteiger partial charge in [-0.2, -0.15) is 9.40 Å². The molecule has 7 nitrogen and oxygen atoms in total. The second-order valence-corrected chi connectivity index (χ2v) is 7.06. The molecule has 1 fully saturated rings. The Morgan fingerprint density at radius 3 is 2.74 bits per heavy atom. The van der Waals surface area contributed by atoms with Gasteiger partial charge in [-0.3, -0.25) is 5.10 Å². The molecule has 106 valence electrons. The second kappa shape index (κ2) is 4.61. The van der Waals surface area contributed by atoms with E-state index in [0.29, 0.717) is 6.54 Å². The molecule has 8 heteroatoms. The summed E-state index contributed by atoms with van der Waals surface area (Å²) in [7, 11) is -3.87. The first-order valence-corrected chi connectivity index (χ1v) is 7.50. The zero-order valence-corrected chi connectivity index (χ0v) is 11.7. The van der Waals surface area contributed by atoms with Crippen molar-refractivity contribution in [3.63, 3.8) is 0 Å². The van der Waals surface area contributed by atoms with Crippen molar-refractivity contribution in [3.05, 3.63) is 11.8 Å². The SMILES string of the molecule is CC1(C)CCCCN1S(=O)(=O)c1[nH]ncc1C(=O)O. The van der Waals surface area contributed by atoms with Crippen LogP contribution >= 0.6 is 0 Å². The van der Waals surface area contributed by atoms with Gasteiger partial charge in [0.2, 0.25) is 0 Å². The minimum Gasteiger partial charge on any atom is -0.478 e. The van der Waals surface area contributed by atoms with Gasteiger partial charge in [-0.25, -0.2) is 13.2 Å². The summed E-state index contributed by atoms with van der Waals surface area (Å²) >= 11 is 0. The maximum absolute atomic E-state index is 12.6. The Bertz CT molecular complexity index is 591. The number of rotatable bonds is 3. The zero-order chi connectivity index (χ0) is 14.3. The average Bonchev–Trinajstić information content (AvgIpc) is 2.77. The molecule has 0 radical (unpaired) electrons. The molecule has 2 rings (SSSR count). The van der Waals surface area contributed by atoms with Crippen LogP contribution in [0.2, 0.25) is 0 Å². The summed E-state index contributed by atoms with van der Waals surface area (Å²) in [5.74, 6) is -1.30. The summed E-state index contributed by atoms with van der Waals surface area (Å²) < 4.78 is 26.5. The first kappa shape index (κ1) is 14.0. The molecule has 2 heterocycles. The third-order valence-electron chi connectivity index (χ3n) is 3.46. The van der Waals surface area contributed by atoms with E-state index in [-0.39, 0.29) is 10.6 Å². The van der Waals surface area contributed by atoms with Crippen LogP contribution in [0.4, 0.5) is 0 Å². The molecule has 1 saturated heterocycles. The summed E-state index contributed by atoms with van der Waals surface area (Å²) in [5.41, 5.74) is -0.834. The van der Waals surface area contributed by atoms with E-state index in [1.54, 1.807) is 0 Å². The van der Waals surface area contributed by atoms with Gasteiger partial charge in [0.15, 0.2) is 5.03 Å². The topological polar surface area (TPSA) is 103 Å². The third-order valence-corrected chi connectivity index (χ3v) is 5.54. The van der Waals surface area contributed by atoms with Gasteiger partial charge < -0.3 is 5.11 Å². The fraction of sp³-hybridized carbons (Fsp3) is 0.636. The van der Waals surface area contributed by atoms with Crippen LogP contribution in [0.3, 0.4) is 0 Å². The molecule has 0 atom stereocenters. The van der Waals surface area contributed by atoms with Crippen molar-refractivity contribution < 1.29 is 18.3 Å². The highest BCUT2D eigenvalue weighted by Gasteiger charge is 2.41. The summed E-state index contributed by atoms with van der Waals surface area (Å²) in [6.45, 7) is 4.09. The number of hydrogen-bond acceptors (Lipinski definition) is 4. The monoisotopic (exact) mass is 287 g/mol. The van der Waals surface area contributed by atoms with Gasteiger partial charge in [-0.15, -0.1) is 0 Å². The number of H-pyrrole nitrogens is 1. The van der Waals surface area contributed by atoms with Gasteiger partial charge in [-0.05, 0) is 26.7 Å². The number of aromatic amines is 1. The molecular weight excluding hydrogens is 270 g/mol. The van der Waals surface area contributed by atoms with Crippen LogP contribution in [0.1, 0.15) is 43.5 Å². The molecule has 0 unspecified atom stereocenters. The van der Waals surface area contributed by atoms with Crippen LogP contribution in [0, 0.1) is 0 Å². The van der Waals surface area contributed by atoms with E-state index >= 15 is 0 Å². The van der Waals surface area contributed by atoms with Gasteiger partial charge >= 0.3 is 5.97 Å². The molecule has 0 aromatic carbocycles. The van der Waals surface area contributed by atoms with E-state index in [1.165, 1.54) is 4.31 Å². The zero-order valence-electron chi connectivity index (χ0n) is 10.9. The van der Waals surface area contributed by atoms with Gasteiger partial charge in [0.25, 0.3) is 10.0 Å². The lowest BCUT2D eigenvalue weighted by Crippen LogP contribution is -2.50. The number of aromatic nitrogens is 2. The Labute approximate surface area is 111 Å². The van der Waals surface area contributed by atoms with Crippen LogP contribution in [0.15, 0.2) is 11.2 Å². The van der Waals surface area contributed by atoms with E-state index in [2.05, 4.69) is 10.2 Å². The predicted molar refractivity (Wildman–Crippen MR) is 67.4 cm³/mol. The Balaban J connectivity index is 2.47. The van der Waals surface area contributed by atoms with Crippen molar-refractivity contribution >= 4 is 16.0 Å². The maximum Gasteiger partial charge on any atom is 0.340 e. The molecular formula is C11H17N3O4S. The molecule has 1 aliphatic heterocycles. The van der Waals surface area contributed by atoms with Gasteiger partial charge in [0.05, 0.1) is 6.20 Å². The molecule has 2 N–H and O–H groups in total. The third kappa shape index (κ3) is 2.37. The number of carbonyl (C=O) groups is 1. The lowest BCUT2D eigenvalue weighted by atomic mass is 9.93. The molecule has 0 amide bonds. The molecule has 19 heavy (non-hydrogen) atoms. The standard InChI is InChI=1S/C11H17N3O4S/c1-11(2)5-3-4-6-14(11)19(17,18)9-8(10(15)16)7-12-13-9/h7H,3-6H2,1-2H3,(H,12,13)(H,15,16). The minimum absolute atomic E-state index is 0.318. The van der Waals surface area contributed by atoms with Gasteiger partial charge in [-0.1, -0.05) is 6.42 Å². The van der Waals surface area contributed by atoms with Crippen molar-refractivity contribution in [1.29, 1.82) is 0 Å². The second-order valence-electron chi connectivity index (χ2n) is 5.26. The van der Waals surface area contributed by atoms with E-state index in [9.17, 15) is 13.2 Å². The van der Waals surface area contributed by atoms with E-state index < -0.39 is 21.5 Å². The molecule has 0 bridgehead atoms. The number of nitrogens with one attached hydrogen (secondary N) is 1. The van der Waals surface area contributed by atoms with Crippen molar-refractivity contribution in [2.75, 3.05) is 6.54 Å². The number of carboxylic acid groups (broad SMARTS) is 1. The molecule has 0 spiro atoms. The quantitative estimate of drug-likeness (QED) is 0.865. The molecule has 0 saturated carbocycles. The van der Waals surface area contributed by atoms with Crippen LogP contribution in [-0.2, 0) is 10.0 Å². The first-order chi connectivity index (χ1) is 8.77. The van der Waals surface area contributed by atoms with Crippen LogP contribution in [-0.4, -0.2) is 46.1 Å². The number of hydrogen-bond donors (Lipinski definition) is 2. The van der Waals surface area contributed by atoms with Gasteiger partial charge in [0, 0.05) is 12.1 Å². The van der Waals surface area contributed by atoms with E-state index in [1.807, 2.05) is 13.8 Å². The van der Waals surface area contributed by atoms with Crippen LogP contribution < -0.4 is 0 Å². The van der Waals surface area contributed by atoms with E-state index in [0.717, 1.165) is 25.5 Å². The lowest BCUT2D eigenvalue weighted by Gasteiger charge is -2.40. The number of carboxylic acids is 1. The largest absolute Gasteiger partial charge is 0.478 e.